The number of hydrogen-bond donors (Lipinski definition) is 5. The summed E-state index contributed by atoms with van der Waals surface area (Å²) in [7, 11) is 3.33. The second kappa shape index (κ2) is 7.98. The van der Waals surface area contributed by atoms with Crippen LogP contribution in [0.3, 0.4) is 0 Å². The highest BCUT2D eigenvalue weighted by Crippen LogP contribution is 2.27. The molecule has 0 unspecified atom stereocenters. The van der Waals surface area contributed by atoms with Crippen LogP contribution in [0.2, 0.25) is 0 Å². The average molecular weight is 318 g/mol. The summed E-state index contributed by atoms with van der Waals surface area (Å²) in [6.45, 7) is 0.438. The minimum absolute atomic E-state index is 0.0469. The van der Waals surface area contributed by atoms with Crippen LogP contribution in [0.5, 0.6) is 0 Å². The molecule has 8 heteroatoms. The average Bonchev–Trinajstić information content (AvgIpc) is 2.52. The van der Waals surface area contributed by atoms with Crippen LogP contribution in [-0.2, 0) is 14.2 Å². The number of hydrogen-bond acceptors (Lipinski definition) is 8. The van der Waals surface area contributed by atoms with E-state index in [2.05, 4.69) is 5.32 Å². The van der Waals surface area contributed by atoms with Crippen molar-refractivity contribution in [2.24, 2.45) is 17.2 Å². The molecule has 8 atom stereocenters. The van der Waals surface area contributed by atoms with Gasteiger partial charge in [-0.3, -0.25) is 0 Å². The largest absolute Gasteiger partial charge is 0.389 e. The first-order valence-electron chi connectivity index (χ1n) is 7.92. The molecule has 0 aromatic carbocycles. The van der Waals surface area contributed by atoms with Gasteiger partial charge in [0.2, 0.25) is 0 Å². The Bertz CT molecular complexity index is 349. The first-order valence-corrected chi connectivity index (χ1v) is 7.92. The summed E-state index contributed by atoms with van der Waals surface area (Å²) in [5.74, 6) is 0. The molecule has 8 nitrogen and oxygen atoms in total. The van der Waals surface area contributed by atoms with E-state index < -0.39 is 18.5 Å². The molecule has 8 N–H and O–H groups in total. The lowest BCUT2D eigenvalue weighted by Crippen LogP contribution is -2.66. The molecule has 2 fully saturated rings. The Morgan fingerprint density at radius 1 is 1.27 bits per heavy atom. The molecular weight excluding hydrogens is 288 g/mol. The predicted molar refractivity (Wildman–Crippen MR) is 82.0 cm³/mol. The highest BCUT2D eigenvalue weighted by atomic mass is 16.7. The normalized spacial score (nSPS) is 46.6. The van der Waals surface area contributed by atoms with Crippen LogP contribution in [0.25, 0.3) is 0 Å². The molecule has 1 aliphatic heterocycles. The van der Waals surface area contributed by atoms with Crippen LogP contribution >= 0.6 is 0 Å². The Kier molecular flexibility index (Phi) is 6.54. The standard InChI is InChI=1S/C14H30N4O4/c1-18-11-12(19)10(20-2)5-9(17)13(11)22-14-8(16)4-3-7(6-15)21-14/h7-14,18-19H,3-6,15-17H2,1-2H3/t7-,8-,9+,10+,11-,12+,13-,14-/m1/s1. The molecule has 130 valence electrons. The van der Waals surface area contributed by atoms with Crippen molar-refractivity contribution < 1.29 is 19.3 Å². The van der Waals surface area contributed by atoms with Gasteiger partial charge in [-0.05, 0) is 26.3 Å². The van der Waals surface area contributed by atoms with Crippen LogP contribution in [0.1, 0.15) is 19.3 Å². The van der Waals surface area contributed by atoms with Gasteiger partial charge in [-0.1, -0.05) is 0 Å². The molecule has 1 aliphatic carbocycles. The molecule has 0 radical (unpaired) electrons. The van der Waals surface area contributed by atoms with E-state index >= 15 is 0 Å². The van der Waals surface area contributed by atoms with Crippen molar-refractivity contribution in [1.82, 2.24) is 5.32 Å². The molecular formula is C14H30N4O4. The zero-order chi connectivity index (χ0) is 16.3. The fourth-order valence-electron chi connectivity index (χ4n) is 3.32. The molecule has 22 heavy (non-hydrogen) atoms. The molecule has 0 amide bonds. The van der Waals surface area contributed by atoms with Crippen LogP contribution in [0.4, 0.5) is 0 Å². The van der Waals surface area contributed by atoms with E-state index in [9.17, 15) is 5.11 Å². The fraction of sp³-hybridized carbons (Fsp3) is 1.00. The number of ether oxygens (including phenoxy) is 3. The van der Waals surface area contributed by atoms with Crippen molar-refractivity contribution in [1.29, 1.82) is 0 Å². The first kappa shape index (κ1) is 18.0. The van der Waals surface area contributed by atoms with Gasteiger partial charge in [0, 0.05) is 19.7 Å². The van der Waals surface area contributed by atoms with Crippen molar-refractivity contribution in [2.45, 2.75) is 68.1 Å². The quantitative estimate of drug-likeness (QED) is 0.387. The highest BCUT2D eigenvalue weighted by Gasteiger charge is 2.45. The Balaban J connectivity index is 2.05. The summed E-state index contributed by atoms with van der Waals surface area (Å²) >= 11 is 0. The van der Waals surface area contributed by atoms with Crippen LogP contribution in [0, 0.1) is 0 Å². The summed E-state index contributed by atoms with van der Waals surface area (Å²) in [5.41, 5.74) is 18.0. The number of rotatable bonds is 5. The first-order chi connectivity index (χ1) is 10.5. The summed E-state index contributed by atoms with van der Waals surface area (Å²) in [6.07, 6.45) is 0.117. The van der Waals surface area contributed by atoms with Gasteiger partial charge in [0.05, 0.1) is 36.5 Å². The second-order valence-electron chi connectivity index (χ2n) is 6.18. The van der Waals surface area contributed by atoms with Gasteiger partial charge in [0.15, 0.2) is 6.29 Å². The van der Waals surface area contributed by atoms with E-state index in [0.717, 1.165) is 12.8 Å². The Labute approximate surface area is 131 Å². The van der Waals surface area contributed by atoms with Gasteiger partial charge in [-0.2, -0.15) is 0 Å². The third-order valence-corrected chi connectivity index (χ3v) is 4.72. The summed E-state index contributed by atoms with van der Waals surface area (Å²) in [4.78, 5) is 0. The highest BCUT2D eigenvalue weighted by molar-refractivity contribution is 5.00. The topological polar surface area (TPSA) is 138 Å². The zero-order valence-corrected chi connectivity index (χ0v) is 13.4. The zero-order valence-electron chi connectivity index (χ0n) is 13.4. The number of methoxy groups -OCH3 is 1. The third-order valence-electron chi connectivity index (χ3n) is 4.72. The maximum Gasteiger partial charge on any atom is 0.173 e. The van der Waals surface area contributed by atoms with Gasteiger partial charge < -0.3 is 41.8 Å². The lowest BCUT2D eigenvalue weighted by atomic mass is 9.84. The SMILES string of the molecule is CN[C@@H]1[C@@H](O)[C@@H](OC)C[C@H](N)[C@H]1O[C@H]1O[C@@H](CN)CC[C@H]1N. The van der Waals surface area contributed by atoms with E-state index in [1.54, 1.807) is 14.2 Å². The molecule has 0 aromatic rings. The number of aliphatic hydroxyl groups is 1. The van der Waals surface area contributed by atoms with Gasteiger partial charge >= 0.3 is 0 Å². The third kappa shape index (κ3) is 3.77. The molecule has 1 heterocycles. The van der Waals surface area contributed by atoms with Crippen molar-refractivity contribution >= 4 is 0 Å². The minimum Gasteiger partial charge on any atom is -0.389 e. The molecule has 0 bridgehead atoms. The van der Waals surface area contributed by atoms with E-state index in [-0.39, 0.29) is 30.3 Å². The van der Waals surface area contributed by atoms with E-state index in [4.69, 9.17) is 31.4 Å². The van der Waals surface area contributed by atoms with E-state index in [1.165, 1.54) is 0 Å². The van der Waals surface area contributed by atoms with Gasteiger partial charge in [-0.25, -0.2) is 0 Å². The summed E-state index contributed by atoms with van der Waals surface area (Å²) in [5, 5.41) is 13.5. The summed E-state index contributed by atoms with van der Waals surface area (Å²) < 4.78 is 17.2. The number of nitrogens with two attached hydrogens (primary N) is 3. The smallest absolute Gasteiger partial charge is 0.173 e. The van der Waals surface area contributed by atoms with E-state index in [1.807, 2.05) is 0 Å². The van der Waals surface area contributed by atoms with Crippen molar-refractivity contribution in [3.63, 3.8) is 0 Å². The lowest BCUT2D eigenvalue weighted by molar-refractivity contribution is -0.242. The fourth-order valence-corrected chi connectivity index (χ4v) is 3.32. The monoisotopic (exact) mass is 318 g/mol. The summed E-state index contributed by atoms with van der Waals surface area (Å²) in [6, 6.07) is -0.840. The molecule has 2 aliphatic rings. The van der Waals surface area contributed by atoms with E-state index in [0.29, 0.717) is 13.0 Å². The van der Waals surface area contributed by atoms with Crippen LogP contribution < -0.4 is 22.5 Å². The number of aliphatic hydroxyl groups excluding tert-OH is 1. The van der Waals surface area contributed by atoms with Crippen molar-refractivity contribution in [2.75, 3.05) is 20.7 Å². The Hall–Kier alpha value is -0.320. The second-order valence-corrected chi connectivity index (χ2v) is 6.18. The van der Waals surface area contributed by atoms with Crippen molar-refractivity contribution in [3.05, 3.63) is 0 Å². The van der Waals surface area contributed by atoms with Crippen LogP contribution in [0.15, 0.2) is 0 Å². The van der Waals surface area contributed by atoms with Gasteiger partial charge in [0.25, 0.3) is 0 Å². The molecule has 0 spiro atoms. The maximum absolute atomic E-state index is 10.4. The van der Waals surface area contributed by atoms with Gasteiger partial charge in [-0.15, -0.1) is 0 Å². The molecule has 2 rings (SSSR count). The predicted octanol–water partition coefficient (Wildman–Crippen LogP) is -2.14. The van der Waals surface area contributed by atoms with Gasteiger partial charge in [0.1, 0.15) is 0 Å². The van der Waals surface area contributed by atoms with Crippen molar-refractivity contribution in [3.8, 4) is 0 Å². The Morgan fingerprint density at radius 3 is 2.59 bits per heavy atom. The minimum atomic E-state index is -0.704. The van der Waals surface area contributed by atoms with Crippen LogP contribution in [-0.4, -0.2) is 74.6 Å². The molecule has 1 saturated carbocycles. The maximum atomic E-state index is 10.4. The Morgan fingerprint density at radius 2 is 2.00 bits per heavy atom. The molecule has 0 aromatic heterocycles. The lowest BCUT2D eigenvalue weighted by Gasteiger charge is -2.45. The number of nitrogens with one attached hydrogen (secondary N) is 1. The molecule has 1 saturated heterocycles. The number of likely N-dealkylation sites (N-methyl/N-ethyl adjacent to an activating group) is 1.